The SMILES string of the molecule is FC(F)(F)C(Cl)=CCOCCCCOc1ccccc1. The fourth-order valence-corrected chi connectivity index (χ4v) is 1.41. The van der Waals surface area contributed by atoms with Crippen molar-refractivity contribution in [3.8, 4) is 5.75 Å². The lowest BCUT2D eigenvalue weighted by atomic mass is 10.3. The lowest BCUT2D eigenvalue weighted by Crippen LogP contribution is -2.08. The molecule has 0 bridgehead atoms. The van der Waals surface area contributed by atoms with Gasteiger partial charge in [-0.15, -0.1) is 0 Å². The second kappa shape index (κ2) is 8.87. The van der Waals surface area contributed by atoms with Crippen molar-refractivity contribution in [1.82, 2.24) is 0 Å². The highest BCUT2D eigenvalue weighted by Crippen LogP contribution is 2.28. The second-order valence-electron chi connectivity index (χ2n) is 3.99. The van der Waals surface area contributed by atoms with Crippen molar-refractivity contribution in [2.75, 3.05) is 19.8 Å². The van der Waals surface area contributed by atoms with E-state index in [2.05, 4.69) is 0 Å². The molecule has 0 amide bonds. The lowest BCUT2D eigenvalue weighted by molar-refractivity contribution is -0.0850. The van der Waals surface area contributed by atoms with Gasteiger partial charge in [0.05, 0.1) is 13.2 Å². The van der Waals surface area contributed by atoms with Crippen molar-refractivity contribution in [1.29, 1.82) is 0 Å². The summed E-state index contributed by atoms with van der Waals surface area (Å²) in [5.41, 5.74) is 0. The summed E-state index contributed by atoms with van der Waals surface area (Å²) in [5, 5.41) is -1.15. The summed E-state index contributed by atoms with van der Waals surface area (Å²) in [5.74, 6) is 0.799. The van der Waals surface area contributed by atoms with E-state index in [1.807, 2.05) is 30.3 Å². The summed E-state index contributed by atoms with van der Waals surface area (Å²) in [6.45, 7) is 0.779. The van der Waals surface area contributed by atoms with Crippen LogP contribution in [0, 0.1) is 0 Å². The topological polar surface area (TPSA) is 18.5 Å². The Bertz CT molecular complexity index is 405. The third-order valence-electron chi connectivity index (χ3n) is 2.35. The summed E-state index contributed by atoms with van der Waals surface area (Å²) in [6, 6.07) is 9.39. The van der Waals surface area contributed by atoms with E-state index in [0.29, 0.717) is 19.6 Å². The van der Waals surface area contributed by atoms with Crippen LogP contribution in [0.4, 0.5) is 13.2 Å². The summed E-state index contributed by atoms with van der Waals surface area (Å²) < 4.78 is 46.5. The number of halogens is 4. The van der Waals surface area contributed by atoms with Crippen molar-refractivity contribution in [3.05, 3.63) is 41.4 Å². The van der Waals surface area contributed by atoms with Gasteiger partial charge in [0, 0.05) is 6.61 Å². The Kier molecular flexibility index (Phi) is 7.47. The number of benzene rings is 1. The van der Waals surface area contributed by atoms with Crippen LogP contribution in [0.3, 0.4) is 0 Å². The molecule has 0 aliphatic heterocycles. The molecule has 20 heavy (non-hydrogen) atoms. The van der Waals surface area contributed by atoms with Crippen LogP contribution in [0.5, 0.6) is 5.75 Å². The van der Waals surface area contributed by atoms with Gasteiger partial charge in [-0.05, 0) is 31.1 Å². The van der Waals surface area contributed by atoms with Gasteiger partial charge in [0.25, 0.3) is 0 Å². The predicted octanol–water partition coefficient (Wildman–Crippen LogP) is 4.55. The quantitative estimate of drug-likeness (QED) is 0.656. The van der Waals surface area contributed by atoms with E-state index in [0.717, 1.165) is 18.2 Å². The van der Waals surface area contributed by atoms with E-state index in [1.165, 1.54) is 0 Å². The third kappa shape index (κ3) is 7.40. The van der Waals surface area contributed by atoms with Crippen LogP contribution in [0.2, 0.25) is 0 Å². The van der Waals surface area contributed by atoms with Gasteiger partial charge >= 0.3 is 6.18 Å². The average Bonchev–Trinajstić information content (AvgIpc) is 2.41. The van der Waals surface area contributed by atoms with Gasteiger partial charge in [-0.1, -0.05) is 29.8 Å². The van der Waals surface area contributed by atoms with Gasteiger partial charge in [-0.25, -0.2) is 0 Å². The molecule has 0 saturated carbocycles. The molecule has 6 heteroatoms. The second-order valence-corrected chi connectivity index (χ2v) is 4.40. The van der Waals surface area contributed by atoms with Crippen LogP contribution < -0.4 is 4.74 Å². The lowest BCUT2D eigenvalue weighted by Gasteiger charge is -2.06. The summed E-state index contributed by atoms with van der Waals surface area (Å²) in [6.07, 6.45) is -2.19. The monoisotopic (exact) mass is 308 g/mol. The molecule has 112 valence electrons. The minimum absolute atomic E-state index is 0.141. The first-order valence-electron chi connectivity index (χ1n) is 6.18. The summed E-state index contributed by atoms with van der Waals surface area (Å²) in [7, 11) is 0. The molecule has 0 aliphatic rings. The van der Waals surface area contributed by atoms with E-state index < -0.39 is 11.2 Å². The molecule has 0 aromatic heterocycles. The average molecular weight is 309 g/mol. The molecule has 0 saturated heterocycles. The molecular formula is C14H16ClF3O2. The van der Waals surface area contributed by atoms with Crippen LogP contribution in [0.25, 0.3) is 0 Å². The minimum atomic E-state index is -4.49. The number of unbranched alkanes of at least 4 members (excludes halogenated alkanes) is 1. The zero-order valence-corrected chi connectivity index (χ0v) is 11.6. The molecule has 0 N–H and O–H groups in total. The fourth-order valence-electron chi connectivity index (χ4n) is 1.34. The molecular weight excluding hydrogens is 293 g/mol. The van der Waals surface area contributed by atoms with Crippen molar-refractivity contribution in [2.45, 2.75) is 19.0 Å². The smallest absolute Gasteiger partial charge is 0.426 e. The van der Waals surface area contributed by atoms with Crippen molar-refractivity contribution in [2.24, 2.45) is 0 Å². The maximum absolute atomic E-state index is 12.0. The zero-order valence-electron chi connectivity index (χ0n) is 10.8. The highest BCUT2D eigenvalue weighted by atomic mass is 35.5. The fraction of sp³-hybridized carbons (Fsp3) is 0.429. The molecule has 0 heterocycles. The highest BCUT2D eigenvalue weighted by molar-refractivity contribution is 6.30. The first-order valence-corrected chi connectivity index (χ1v) is 6.56. The van der Waals surface area contributed by atoms with Crippen LogP contribution in [-0.4, -0.2) is 26.0 Å². The van der Waals surface area contributed by atoms with Gasteiger partial charge in [-0.2, -0.15) is 13.2 Å². The normalized spacial score (nSPS) is 12.5. The number of rotatable bonds is 8. The van der Waals surface area contributed by atoms with Gasteiger partial charge in [0.2, 0.25) is 0 Å². The molecule has 1 aromatic rings. The molecule has 0 spiro atoms. The Labute approximate surface area is 121 Å². The Hall–Kier alpha value is -1.20. The van der Waals surface area contributed by atoms with E-state index in [1.54, 1.807) is 0 Å². The first-order chi connectivity index (χ1) is 9.50. The van der Waals surface area contributed by atoms with E-state index in [4.69, 9.17) is 21.1 Å². The molecule has 0 fully saturated rings. The van der Waals surface area contributed by atoms with Crippen LogP contribution in [-0.2, 0) is 4.74 Å². The zero-order chi connectivity index (χ0) is 14.8. The standard InChI is InChI=1S/C14H16ClF3O2/c15-13(14(16,17)18)8-11-19-9-4-5-10-20-12-6-2-1-3-7-12/h1-3,6-8H,4-5,9-11H2. The molecule has 0 atom stereocenters. The maximum Gasteiger partial charge on any atom is 0.426 e. The highest BCUT2D eigenvalue weighted by Gasteiger charge is 2.31. The molecule has 0 unspecified atom stereocenters. The molecule has 0 aliphatic carbocycles. The van der Waals surface area contributed by atoms with Crippen molar-refractivity contribution < 1.29 is 22.6 Å². The number of hydrogen-bond acceptors (Lipinski definition) is 2. The number of para-hydroxylation sites is 1. The third-order valence-corrected chi connectivity index (χ3v) is 2.71. The molecule has 1 aromatic carbocycles. The van der Waals surface area contributed by atoms with Crippen LogP contribution >= 0.6 is 11.6 Å². The largest absolute Gasteiger partial charge is 0.494 e. The maximum atomic E-state index is 12.0. The number of ether oxygens (including phenoxy) is 2. The Balaban J connectivity index is 2.00. The van der Waals surface area contributed by atoms with Gasteiger partial charge in [0.1, 0.15) is 10.8 Å². The van der Waals surface area contributed by atoms with Crippen molar-refractivity contribution >= 4 is 11.6 Å². The van der Waals surface area contributed by atoms with Crippen molar-refractivity contribution in [3.63, 3.8) is 0 Å². The summed E-state index contributed by atoms with van der Waals surface area (Å²) in [4.78, 5) is 0. The number of alkyl halides is 3. The predicted molar refractivity (Wildman–Crippen MR) is 72.0 cm³/mol. The minimum Gasteiger partial charge on any atom is -0.494 e. The van der Waals surface area contributed by atoms with E-state index >= 15 is 0 Å². The Morgan fingerprint density at radius 2 is 1.75 bits per heavy atom. The first kappa shape index (κ1) is 16.9. The van der Waals surface area contributed by atoms with Gasteiger partial charge < -0.3 is 9.47 Å². The Morgan fingerprint density at radius 1 is 1.10 bits per heavy atom. The van der Waals surface area contributed by atoms with Crippen LogP contribution in [0.15, 0.2) is 41.4 Å². The number of allylic oxidation sites excluding steroid dienone is 1. The number of hydrogen-bond donors (Lipinski definition) is 0. The Morgan fingerprint density at radius 3 is 2.40 bits per heavy atom. The summed E-state index contributed by atoms with van der Waals surface area (Å²) >= 11 is 5.02. The molecule has 1 rings (SSSR count). The van der Waals surface area contributed by atoms with Gasteiger partial charge in [0.15, 0.2) is 0 Å². The molecule has 0 radical (unpaired) electrons. The van der Waals surface area contributed by atoms with E-state index in [9.17, 15) is 13.2 Å². The van der Waals surface area contributed by atoms with Gasteiger partial charge in [-0.3, -0.25) is 0 Å². The molecule has 2 nitrogen and oxygen atoms in total. The van der Waals surface area contributed by atoms with Crippen LogP contribution in [0.1, 0.15) is 12.8 Å². The van der Waals surface area contributed by atoms with E-state index in [-0.39, 0.29) is 6.61 Å².